The van der Waals surface area contributed by atoms with Gasteiger partial charge in [0.1, 0.15) is 5.75 Å². The third-order valence-corrected chi connectivity index (χ3v) is 2.58. The summed E-state index contributed by atoms with van der Waals surface area (Å²) < 4.78 is 38.1. The first-order valence-electron chi connectivity index (χ1n) is 5.34. The Kier molecular flexibility index (Phi) is 3.03. The van der Waals surface area contributed by atoms with Crippen LogP contribution in [0.1, 0.15) is 11.1 Å². The quantitative estimate of drug-likeness (QED) is 0.798. The zero-order chi connectivity index (χ0) is 13.3. The summed E-state index contributed by atoms with van der Waals surface area (Å²) in [7, 11) is 0. The third kappa shape index (κ3) is 2.64. The van der Waals surface area contributed by atoms with Gasteiger partial charge >= 0.3 is 6.18 Å². The highest BCUT2D eigenvalue weighted by Crippen LogP contribution is 2.33. The number of aryl methyl sites for hydroxylation is 1. The number of phenols is 1. The molecule has 2 rings (SSSR count). The van der Waals surface area contributed by atoms with Crippen LogP contribution in [0.3, 0.4) is 0 Å². The predicted octanol–water partition coefficient (Wildman–Crippen LogP) is 4.39. The van der Waals surface area contributed by atoms with Crippen LogP contribution in [0.5, 0.6) is 5.75 Å². The summed E-state index contributed by atoms with van der Waals surface area (Å²) in [6.45, 7) is 1.61. The van der Waals surface area contributed by atoms with E-state index in [0.29, 0.717) is 16.7 Å². The van der Waals surface area contributed by atoms with Gasteiger partial charge in [-0.1, -0.05) is 18.2 Å². The molecule has 0 aliphatic heterocycles. The molecular formula is C14H11F3O. The van der Waals surface area contributed by atoms with E-state index in [1.165, 1.54) is 12.1 Å². The first kappa shape index (κ1) is 12.5. The Morgan fingerprint density at radius 2 is 1.67 bits per heavy atom. The molecule has 0 radical (unpaired) electrons. The molecule has 94 valence electrons. The van der Waals surface area contributed by atoms with Crippen LogP contribution in [0.25, 0.3) is 11.1 Å². The average Bonchev–Trinajstić information content (AvgIpc) is 2.27. The Bertz CT molecular complexity index is 573. The second-order valence-corrected chi connectivity index (χ2v) is 4.14. The van der Waals surface area contributed by atoms with E-state index in [1.54, 1.807) is 25.1 Å². The lowest BCUT2D eigenvalue weighted by Crippen LogP contribution is -2.05. The Labute approximate surface area is 103 Å². The molecule has 0 saturated carbocycles. The number of hydrogen-bond acceptors (Lipinski definition) is 1. The summed E-state index contributed by atoms with van der Waals surface area (Å²) >= 11 is 0. The van der Waals surface area contributed by atoms with Crippen LogP contribution in [-0.4, -0.2) is 5.11 Å². The molecule has 0 unspecified atom stereocenters. The molecule has 1 N–H and O–H groups in total. The van der Waals surface area contributed by atoms with Crippen molar-refractivity contribution in [1.82, 2.24) is 0 Å². The molecule has 0 amide bonds. The van der Waals surface area contributed by atoms with Gasteiger partial charge in [-0.25, -0.2) is 0 Å². The van der Waals surface area contributed by atoms with Gasteiger partial charge < -0.3 is 5.11 Å². The lowest BCUT2D eigenvalue weighted by Gasteiger charge is -2.11. The van der Waals surface area contributed by atoms with E-state index in [9.17, 15) is 18.3 Å². The zero-order valence-electron chi connectivity index (χ0n) is 9.62. The number of aromatic hydroxyl groups is 1. The standard InChI is InChI=1S/C14H11F3O/c1-9-5-11(7-12(6-9)14(15,16)17)10-3-2-4-13(18)8-10/h2-8,18H,1H3. The molecule has 2 aromatic carbocycles. The third-order valence-electron chi connectivity index (χ3n) is 2.58. The fourth-order valence-electron chi connectivity index (χ4n) is 1.80. The maximum atomic E-state index is 12.7. The van der Waals surface area contributed by atoms with Gasteiger partial charge in [-0.15, -0.1) is 0 Å². The smallest absolute Gasteiger partial charge is 0.416 e. The largest absolute Gasteiger partial charge is 0.508 e. The zero-order valence-corrected chi connectivity index (χ0v) is 9.62. The van der Waals surface area contributed by atoms with Gasteiger partial charge in [-0.3, -0.25) is 0 Å². The van der Waals surface area contributed by atoms with Crippen LogP contribution in [0.4, 0.5) is 13.2 Å². The second kappa shape index (κ2) is 4.37. The number of rotatable bonds is 1. The van der Waals surface area contributed by atoms with Crippen LogP contribution < -0.4 is 0 Å². The Morgan fingerprint density at radius 1 is 0.944 bits per heavy atom. The highest BCUT2D eigenvalue weighted by molar-refractivity contribution is 5.66. The molecule has 2 aromatic rings. The first-order chi connectivity index (χ1) is 8.36. The minimum absolute atomic E-state index is 0.0302. The van der Waals surface area contributed by atoms with Crippen molar-refractivity contribution in [2.75, 3.05) is 0 Å². The van der Waals surface area contributed by atoms with Crippen molar-refractivity contribution in [3.8, 4) is 16.9 Å². The van der Waals surface area contributed by atoms with E-state index in [-0.39, 0.29) is 5.75 Å². The molecular weight excluding hydrogens is 241 g/mol. The summed E-state index contributed by atoms with van der Waals surface area (Å²) in [6, 6.07) is 10.0. The van der Waals surface area contributed by atoms with Gasteiger partial charge in [-0.05, 0) is 47.9 Å². The first-order valence-corrected chi connectivity index (χ1v) is 5.34. The van der Waals surface area contributed by atoms with Crippen molar-refractivity contribution in [1.29, 1.82) is 0 Å². The molecule has 0 saturated heterocycles. The summed E-state index contributed by atoms with van der Waals surface area (Å²) in [5.41, 5.74) is 0.853. The fourth-order valence-corrected chi connectivity index (χ4v) is 1.80. The molecule has 18 heavy (non-hydrogen) atoms. The fraction of sp³-hybridized carbons (Fsp3) is 0.143. The predicted molar refractivity (Wildman–Crippen MR) is 63.3 cm³/mol. The van der Waals surface area contributed by atoms with Gasteiger partial charge in [-0.2, -0.15) is 13.2 Å². The van der Waals surface area contributed by atoms with Crippen molar-refractivity contribution in [2.24, 2.45) is 0 Å². The highest BCUT2D eigenvalue weighted by atomic mass is 19.4. The van der Waals surface area contributed by atoms with E-state index >= 15 is 0 Å². The van der Waals surface area contributed by atoms with Crippen LogP contribution in [-0.2, 0) is 6.18 Å². The maximum absolute atomic E-state index is 12.7. The van der Waals surface area contributed by atoms with E-state index in [1.807, 2.05) is 0 Å². The van der Waals surface area contributed by atoms with Gasteiger partial charge in [0.25, 0.3) is 0 Å². The van der Waals surface area contributed by atoms with Crippen molar-refractivity contribution < 1.29 is 18.3 Å². The van der Waals surface area contributed by atoms with Crippen LogP contribution >= 0.6 is 0 Å². The van der Waals surface area contributed by atoms with Crippen LogP contribution in [0, 0.1) is 6.92 Å². The Hall–Kier alpha value is -1.97. The van der Waals surface area contributed by atoms with E-state index in [4.69, 9.17) is 0 Å². The molecule has 0 atom stereocenters. The summed E-state index contributed by atoms with van der Waals surface area (Å²) in [6.07, 6.45) is -4.36. The summed E-state index contributed by atoms with van der Waals surface area (Å²) in [5, 5.41) is 9.35. The van der Waals surface area contributed by atoms with Gasteiger partial charge in [0, 0.05) is 0 Å². The molecule has 1 nitrogen and oxygen atoms in total. The van der Waals surface area contributed by atoms with Crippen LogP contribution in [0.15, 0.2) is 42.5 Å². The number of alkyl halides is 3. The van der Waals surface area contributed by atoms with Crippen molar-refractivity contribution in [3.63, 3.8) is 0 Å². The normalized spacial score (nSPS) is 11.6. The summed E-state index contributed by atoms with van der Waals surface area (Å²) in [4.78, 5) is 0. The number of phenolic OH excluding ortho intramolecular Hbond substituents is 1. The molecule has 0 aliphatic rings. The van der Waals surface area contributed by atoms with E-state index in [2.05, 4.69) is 0 Å². The Morgan fingerprint density at radius 3 is 2.28 bits per heavy atom. The van der Waals surface area contributed by atoms with Gasteiger partial charge in [0.05, 0.1) is 5.56 Å². The summed E-state index contributed by atoms with van der Waals surface area (Å²) in [5.74, 6) is 0.0302. The van der Waals surface area contributed by atoms with Crippen molar-refractivity contribution >= 4 is 0 Å². The molecule has 0 bridgehead atoms. The van der Waals surface area contributed by atoms with Gasteiger partial charge in [0.15, 0.2) is 0 Å². The molecule has 0 spiro atoms. The average molecular weight is 252 g/mol. The minimum atomic E-state index is -4.36. The van der Waals surface area contributed by atoms with Crippen molar-refractivity contribution in [3.05, 3.63) is 53.6 Å². The van der Waals surface area contributed by atoms with Gasteiger partial charge in [0.2, 0.25) is 0 Å². The second-order valence-electron chi connectivity index (χ2n) is 4.14. The topological polar surface area (TPSA) is 20.2 Å². The highest BCUT2D eigenvalue weighted by Gasteiger charge is 2.30. The lowest BCUT2D eigenvalue weighted by molar-refractivity contribution is -0.137. The SMILES string of the molecule is Cc1cc(-c2cccc(O)c2)cc(C(F)(F)F)c1. The molecule has 0 fully saturated rings. The molecule has 0 heterocycles. The monoisotopic (exact) mass is 252 g/mol. The van der Waals surface area contributed by atoms with Crippen molar-refractivity contribution in [2.45, 2.75) is 13.1 Å². The van der Waals surface area contributed by atoms with E-state index in [0.717, 1.165) is 12.1 Å². The number of halogens is 3. The number of hydrogen-bond donors (Lipinski definition) is 1. The molecule has 0 aromatic heterocycles. The maximum Gasteiger partial charge on any atom is 0.416 e. The lowest BCUT2D eigenvalue weighted by atomic mass is 10.00. The van der Waals surface area contributed by atoms with E-state index < -0.39 is 11.7 Å². The number of benzene rings is 2. The molecule has 0 aliphatic carbocycles. The van der Waals surface area contributed by atoms with Crippen LogP contribution in [0.2, 0.25) is 0 Å². The Balaban J connectivity index is 2.55. The molecule has 4 heteroatoms. The minimum Gasteiger partial charge on any atom is -0.508 e.